The number of oxazole rings is 1. The van der Waals surface area contributed by atoms with Crippen LogP contribution in [0.3, 0.4) is 0 Å². The van der Waals surface area contributed by atoms with E-state index in [2.05, 4.69) is 10.3 Å². The van der Waals surface area contributed by atoms with Gasteiger partial charge in [-0.2, -0.15) is 0 Å². The van der Waals surface area contributed by atoms with E-state index >= 15 is 0 Å². The Morgan fingerprint density at radius 3 is 2.88 bits per heavy atom. The standard InChI is InChI=1S/C12H19N3O2/c1-8-11(17-9(2)14-8)12(16)15-6-4-5-10(7-15)13-3/h10,13H,4-7H2,1-3H3/t10-/m1/s1. The maximum Gasteiger partial charge on any atom is 0.291 e. The highest BCUT2D eigenvalue weighted by Crippen LogP contribution is 2.16. The first kappa shape index (κ1) is 12.1. The summed E-state index contributed by atoms with van der Waals surface area (Å²) in [6, 6.07) is 0.386. The van der Waals surface area contributed by atoms with E-state index < -0.39 is 0 Å². The van der Waals surface area contributed by atoms with Gasteiger partial charge in [-0.1, -0.05) is 0 Å². The monoisotopic (exact) mass is 237 g/mol. The Balaban J connectivity index is 2.12. The fourth-order valence-corrected chi connectivity index (χ4v) is 2.27. The van der Waals surface area contributed by atoms with Crippen molar-refractivity contribution in [3.05, 3.63) is 17.3 Å². The molecule has 1 aliphatic rings. The highest BCUT2D eigenvalue weighted by molar-refractivity contribution is 5.92. The molecule has 1 aromatic rings. The molecule has 2 heterocycles. The predicted molar refractivity (Wildman–Crippen MR) is 64.0 cm³/mol. The third-order valence-electron chi connectivity index (χ3n) is 3.21. The molecule has 1 amide bonds. The predicted octanol–water partition coefficient (Wildman–Crippen LogP) is 1.12. The second-order valence-electron chi connectivity index (χ2n) is 4.53. The van der Waals surface area contributed by atoms with Crippen LogP contribution in [0.2, 0.25) is 0 Å². The third-order valence-corrected chi connectivity index (χ3v) is 3.21. The number of likely N-dealkylation sites (N-methyl/N-ethyl adjacent to an activating group) is 1. The van der Waals surface area contributed by atoms with Gasteiger partial charge in [0.1, 0.15) is 0 Å². The Labute approximate surface area is 101 Å². The van der Waals surface area contributed by atoms with Gasteiger partial charge >= 0.3 is 0 Å². The van der Waals surface area contributed by atoms with Crippen LogP contribution in [0.15, 0.2) is 4.42 Å². The van der Waals surface area contributed by atoms with E-state index in [1.165, 1.54) is 0 Å². The maximum absolute atomic E-state index is 12.3. The molecule has 1 atom stereocenters. The minimum Gasteiger partial charge on any atom is -0.436 e. The zero-order chi connectivity index (χ0) is 12.4. The van der Waals surface area contributed by atoms with E-state index in [1.807, 2.05) is 18.9 Å². The fourth-order valence-electron chi connectivity index (χ4n) is 2.27. The molecule has 5 heteroatoms. The van der Waals surface area contributed by atoms with Gasteiger partial charge in [-0.05, 0) is 26.8 Å². The quantitative estimate of drug-likeness (QED) is 0.837. The summed E-state index contributed by atoms with van der Waals surface area (Å²) in [6.07, 6.45) is 2.15. The number of carbonyl (C=O) groups is 1. The lowest BCUT2D eigenvalue weighted by Gasteiger charge is -2.32. The molecule has 0 aromatic carbocycles. The average Bonchev–Trinajstić information content (AvgIpc) is 2.67. The first-order valence-corrected chi connectivity index (χ1v) is 6.02. The van der Waals surface area contributed by atoms with Crippen molar-refractivity contribution in [2.24, 2.45) is 0 Å². The number of hydrogen-bond donors (Lipinski definition) is 1. The van der Waals surface area contributed by atoms with Crippen LogP contribution in [0.5, 0.6) is 0 Å². The Morgan fingerprint density at radius 1 is 1.53 bits per heavy atom. The van der Waals surface area contributed by atoms with E-state index in [4.69, 9.17) is 4.42 Å². The van der Waals surface area contributed by atoms with Crippen molar-refractivity contribution in [2.45, 2.75) is 32.7 Å². The number of aromatic nitrogens is 1. The molecule has 1 aromatic heterocycles. The van der Waals surface area contributed by atoms with Gasteiger partial charge in [0.25, 0.3) is 5.91 Å². The van der Waals surface area contributed by atoms with Crippen molar-refractivity contribution in [3.8, 4) is 0 Å². The Hall–Kier alpha value is -1.36. The van der Waals surface area contributed by atoms with Gasteiger partial charge in [-0.3, -0.25) is 4.79 Å². The van der Waals surface area contributed by atoms with Crippen molar-refractivity contribution in [3.63, 3.8) is 0 Å². The average molecular weight is 237 g/mol. The van der Waals surface area contributed by atoms with Crippen LogP contribution in [0.1, 0.15) is 35.0 Å². The molecule has 1 N–H and O–H groups in total. The molecule has 94 valence electrons. The number of amides is 1. The van der Waals surface area contributed by atoms with E-state index in [9.17, 15) is 4.79 Å². The maximum atomic E-state index is 12.3. The third kappa shape index (κ3) is 2.49. The molecule has 1 saturated heterocycles. The van der Waals surface area contributed by atoms with Crippen molar-refractivity contribution in [1.82, 2.24) is 15.2 Å². The molecule has 0 unspecified atom stereocenters. The van der Waals surface area contributed by atoms with E-state index in [0.29, 0.717) is 23.4 Å². The number of likely N-dealkylation sites (tertiary alicyclic amines) is 1. The van der Waals surface area contributed by atoms with Crippen molar-refractivity contribution < 1.29 is 9.21 Å². The summed E-state index contributed by atoms with van der Waals surface area (Å²) in [6.45, 7) is 5.12. The SMILES string of the molecule is CN[C@@H]1CCCN(C(=O)c2oc(C)nc2C)C1. The molecule has 2 rings (SSSR count). The normalized spacial score (nSPS) is 20.6. The van der Waals surface area contributed by atoms with Gasteiger partial charge in [-0.15, -0.1) is 0 Å². The zero-order valence-corrected chi connectivity index (χ0v) is 10.6. The second kappa shape index (κ2) is 4.87. The number of nitrogens with zero attached hydrogens (tertiary/aromatic N) is 2. The number of aryl methyl sites for hydroxylation is 2. The summed E-state index contributed by atoms with van der Waals surface area (Å²) in [5, 5.41) is 3.22. The van der Waals surface area contributed by atoms with Gasteiger partial charge in [0.2, 0.25) is 5.76 Å². The lowest BCUT2D eigenvalue weighted by molar-refractivity contribution is 0.0663. The number of nitrogens with one attached hydrogen (secondary N) is 1. The molecule has 0 bridgehead atoms. The van der Waals surface area contributed by atoms with Gasteiger partial charge < -0.3 is 14.6 Å². The van der Waals surface area contributed by atoms with Gasteiger partial charge in [-0.25, -0.2) is 4.98 Å². The van der Waals surface area contributed by atoms with Crippen molar-refractivity contribution in [2.75, 3.05) is 20.1 Å². The van der Waals surface area contributed by atoms with Crippen LogP contribution in [0, 0.1) is 13.8 Å². The van der Waals surface area contributed by atoms with Gasteiger partial charge in [0.05, 0.1) is 5.69 Å². The van der Waals surface area contributed by atoms with E-state index in [1.54, 1.807) is 6.92 Å². The summed E-state index contributed by atoms with van der Waals surface area (Å²) in [5.41, 5.74) is 0.680. The zero-order valence-electron chi connectivity index (χ0n) is 10.6. The first-order valence-electron chi connectivity index (χ1n) is 6.02. The van der Waals surface area contributed by atoms with E-state index in [-0.39, 0.29) is 5.91 Å². The lowest BCUT2D eigenvalue weighted by atomic mass is 10.1. The summed E-state index contributed by atoms with van der Waals surface area (Å²) in [4.78, 5) is 18.2. The van der Waals surface area contributed by atoms with Crippen LogP contribution in [-0.2, 0) is 0 Å². The smallest absolute Gasteiger partial charge is 0.291 e. The summed E-state index contributed by atoms with van der Waals surface area (Å²) < 4.78 is 5.38. The molecule has 5 nitrogen and oxygen atoms in total. The first-order chi connectivity index (χ1) is 8.11. The molecular formula is C12H19N3O2. The van der Waals surface area contributed by atoms with E-state index in [0.717, 1.165) is 25.9 Å². The Bertz CT molecular complexity index is 414. The summed E-state index contributed by atoms with van der Waals surface area (Å²) in [7, 11) is 1.93. The van der Waals surface area contributed by atoms with Gasteiger partial charge in [0, 0.05) is 26.1 Å². The van der Waals surface area contributed by atoms with Gasteiger partial charge in [0.15, 0.2) is 5.89 Å². The Kier molecular flexibility index (Phi) is 3.47. The summed E-state index contributed by atoms with van der Waals surface area (Å²) >= 11 is 0. The number of rotatable bonds is 2. The lowest BCUT2D eigenvalue weighted by Crippen LogP contribution is -2.47. The van der Waals surface area contributed by atoms with Crippen LogP contribution >= 0.6 is 0 Å². The molecule has 0 radical (unpaired) electrons. The number of carbonyl (C=O) groups excluding carboxylic acids is 1. The molecule has 1 fully saturated rings. The second-order valence-corrected chi connectivity index (χ2v) is 4.53. The number of piperidine rings is 1. The van der Waals surface area contributed by atoms with Crippen molar-refractivity contribution in [1.29, 1.82) is 0 Å². The molecule has 0 saturated carbocycles. The minimum atomic E-state index is -0.0388. The molecular weight excluding hydrogens is 218 g/mol. The van der Waals surface area contributed by atoms with Crippen molar-refractivity contribution >= 4 is 5.91 Å². The molecule has 1 aliphatic heterocycles. The fraction of sp³-hybridized carbons (Fsp3) is 0.667. The van der Waals surface area contributed by atoms with Crippen LogP contribution < -0.4 is 5.32 Å². The highest BCUT2D eigenvalue weighted by Gasteiger charge is 2.27. The van der Waals surface area contributed by atoms with Crippen LogP contribution in [0.25, 0.3) is 0 Å². The van der Waals surface area contributed by atoms with Crippen LogP contribution in [0.4, 0.5) is 0 Å². The largest absolute Gasteiger partial charge is 0.436 e. The topological polar surface area (TPSA) is 58.4 Å². The highest BCUT2D eigenvalue weighted by atomic mass is 16.4. The Morgan fingerprint density at radius 2 is 2.29 bits per heavy atom. The summed E-state index contributed by atoms with van der Waals surface area (Å²) in [5.74, 6) is 0.898. The molecule has 17 heavy (non-hydrogen) atoms. The minimum absolute atomic E-state index is 0.0388. The molecule has 0 spiro atoms. The molecule has 0 aliphatic carbocycles. The van der Waals surface area contributed by atoms with Crippen LogP contribution in [-0.4, -0.2) is 42.0 Å². The number of hydrogen-bond acceptors (Lipinski definition) is 4.